The third-order valence-corrected chi connectivity index (χ3v) is 7.59. The van der Waals surface area contributed by atoms with Crippen LogP contribution in [0.15, 0.2) is 70.0 Å². The van der Waals surface area contributed by atoms with Crippen LogP contribution in [0.3, 0.4) is 0 Å². The Labute approximate surface area is 200 Å². The van der Waals surface area contributed by atoms with E-state index in [0.717, 1.165) is 15.2 Å². The molecule has 34 heavy (non-hydrogen) atoms. The summed E-state index contributed by atoms with van der Waals surface area (Å²) < 4.78 is 33.0. The van der Waals surface area contributed by atoms with Gasteiger partial charge in [-0.2, -0.15) is 5.10 Å². The summed E-state index contributed by atoms with van der Waals surface area (Å²) in [6.07, 6.45) is 0. The Morgan fingerprint density at radius 3 is 2.50 bits per heavy atom. The minimum Gasteiger partial charge on any atom is -0.497 e. The van der Waals surface area contributed by atoms with Crippen molar-refractivity contribution in [2.24, 2.45) is 5.10 Å². The van der Waals surface area contributed by atoms with E-state index in [1.807, 2.05) is 17.5 Å². The number of benzene rings is 2. The molecule has 0 saturated heterocycles. The molecule has 0 spiro atoms. The van der Waals surface area contributed by atoms with Crippen molar-refractivity contribution in [1.82, 2.24) is 5.43 Å². The zero-order valence-corrected chi connectivity index (χ0v) is 20.2. The summed E-state index contributed by atoms with van der Waals surface area (Å²) in [7, 11) is -2.87. The largest absolute Gasteiger partial charge is 0.497 e. The summed E-state index contributed by atoms with van der Waals surface area (Å²) in [6, 6.07) is 13.3. The highest BCUT2D eigenvalue weighted by molar-refractivity contribution is 7.92. The molecule has 1 N–H and O–H groups in total. The first-order chi connectivity index (χ1) is 16.1. The Morgan fingerprint density at radius 2 is 1.91 bits per heavy atom. The van der Waals surface area contributed by atoms with Crippen LogP contribution in [-0.2, 0) is 14.8 Å². The minimum absolute atomic E-state index is 0.179. The predicted octanol–water partition coefficient (Wildman–Crippen LogP) is 3.71. The van der Waals surface area contributed by atoms with Gasteiger partial charge in [-0.15, -0.1) is 11.3 Å². The number of nitrogens with one attached hydrogen (secondary N) is 1. The number of hydrogen-bond acceptors (Lipinski definition) is 8. The highest BCUT2D eigenvalue weighted by Gasteiger charge is 2.29. The number of nitro benzene ring substituents is 1. The molecule has 3 aromatic rings. The summed E-state index contributed by atoms with van der Waals surface area (Å²) in [5, 5.41) is 17.3. The van der Waals surface area contributed by atoms with E-state index >= 15 is 0 Å². The van der Waals surface area contributed by atoms with Gasteiger partial charge in [-0.3, -0.25) is 19.2 Å². The lowest BCUT2D eigenvalue weighted by molar-refractivity contribution is -0.385. The van der Waals surface area contributed by atoms with E-state index in [0.29, 0.717) is 17.0 Å². The van der Waals surface area contributed by atoms with Gasteiger partial charge in [0.2, 0.25) is 0 Å². The molecule has 3 rings (SSSR count). The number of thiophene rings is 1. The van der Waals surface area contributed by atoms with Gasteiger partial charge >= 0.3 is 0 Å². The Morgan fingerprint density at radius 1 is 1.21 bits per heavy atom. The fourth-order valence-corrected chi connectivity index (χ4v) is 5.11. The van der Waals surface area contributed by atoms with Crippen LogP contribution in [0.1, 0.15) is 17.4 Å². The first kappa shape index (κ1) is 24.9. The highest BCUT2D eigenvalue weighted by Crippen LogP contribution is 2.29. The molecule has 0 radical (unpaired) electrons. The Hall–Kier alpha value is -3.77. The van der Waals surface area contributed by atoms with Crippen molar-refractivity contribution in [3.05, 3.63) is 80.5 Å². The van der Waals surface area contributed by atoms with Crippen LogP contribution in [-0.4, -0.2) is 38.6 Å². The molecule has 1 aromatic heterocycles. The lowest BCUT2D eigenvalue weighted by Gasteiger charge is -2.24. The number of nitro groups is 1. The number of hydrazone groups is 1. The number of carbonyl (C=O) groups excluding carboxylic acids is 1. The predicted molar refractivity (Wildman–Crippen MR) is 130 cm³/mol. The van der Waals surface area contributed by atoms with Crippen molar-refractivity contribution >= 4 is 44.4 Å². The first-order valence-electron chi connectivity index (χ1n) is 9.92. The molecule has 0 aliphatic rings. The van der Waals surface area contributed by atoms with Gasteiger partial charge in [0, 0.05) is 16.5 Å². The number of carbonyl (C=O) groups is 1. The summed E-state index contributed by atoms with van der Waals surface area (Å²) in [6.45, 7) is 2.63. The van der Waals surface area contributed by atoms with E-state index in [1.165, 1.54) is 49.6 Å². The van der Waals surface area contributed by atoms with Crippen molar-refractivity contribution in [3.63, 3.8) is 0 Å². The van der Waals surface area contributed by atoms with E-state index in [9.17, 15) is 23.3 Å². The highest BCUT2D eigenvalue weighted by atomic mass is 32.2. The molecule has 1 amide bonds. The van der Waals surface area contributed by atoms with Gasteiger partial charge in [-0.1, -0.05) is 12.1 Å². The fraction of sp³-hybridized carbons (Fsp3) is 0.182. The van der Waals surface area contributed by atoms with Crippen LogP contribution in [0, 0.1) is 17.0 Å². The zero-order valence-electron chi connectivity index (χ0n) is 18.6. The van der Waals surface area contributed by atoms with Gasteiger partial charge in [0.05, 0.1) is 28.3 Å². The molecule has 2 aromatic carbocycles. The molecule has 1 heterocycles. The number of sulfonamides is 1. The van der Waals surface area contributed by atoms with E-state index < -0.39 is 27.4 Å². The van der Waals surface area contributed by atoms with Gasteiger partial charge in [0.15, 0.2) is 0 Å². The number of nitrogens with zero attached hydrogens (tertiary/aromatic N) is 3. The second-order valence-electron chi connectivity index (χ2n) is 7.12. The summed E-state index contributed by atoms with van der Waals surface area (Å²) >= 11 is 1.45. The summed E-state index contributed by atoms with van der Waals surface area (Å²) in [4.78, 5) is 23.9. The SMILES string of the molecule is COc1ccc(N(CC(=O)N/N=C(/C)c2cccs2)S(=O)(=O)c2ccc(C)c([N+](=O)[O-])c2)cc1. The van der Waals surface area contributed by atoms with Gasteiger partial charge in [-0.05, 0) is 55.6 Å². The maximum atomic E-state index is 13.5. The molecule has 0 atom stereocenters. The van der Waals surface area contributed by atoms with Crippen LogP contribution in [0.2, 0.25) is 0 Å². The van der Waals surface area contributed by atoms with Gasteiger partial charge in [-0.25, -0.2) is 13.8 Å². The first-order valence-corrected chi connectivity index (χ1v) is 12.2. The van der Waals surface area contributed by atoms with Crippen LogP contribution >= 0.6 is 11.3 Å². The maximum absolute atomic E-state index is 13.5. The van der Waals surface area contributed by atoms with Crippen LogP contribution in [0.5, 0.6) is 5.75 Å². The number of aryl methyl sites for hydroxylation is 1. The number of anilines is 1. The average Bonchev–Trinajstić information content (AvgIpc) is 3.36. The van der Waals surface area contributed by atoms with E-state index in [-0.39, 0.29) is 16.3 Å². The lowest BCUT2D eigenvalue weighted by atomic mass is 10.2. The van der Waals surface area contributed by atoms with Gasteiger partial charge < -0.3 is 4.74 Å². The van der Waals surface area contributed by atoms with E-state index in [4.69, 9.17) is 4.74 Å². The average molecular weight is 503 g/mol. The van der Waals surface area contributed by atoms with Crippen molar-refractivity contribution in [3.8, 4) is 5.75 Å². The topological polar surface area (TPSA) is 131 Å². The molecule has 178 valence electrons. The quantitative estimate of drug-likeness (QED) is 0.270. The second-order valence-corrected chi connectivity index (χ2v) is 9.93. The van der Waals surface area contributed by atoms with Crippen molar-refractivity contribution in [2.45, 2.75) is 18.7 Å². The van der Waals surface area contributed by atoms with Crippen molar-refractivity contribution in [2.75, 3.05) is 18.0 Å². The second kappa shape index (κ2) is 10.4. The molecule has 12 heteroatoms. The number of hydrogen-bond donors (Lipinski definition) is 1. The molecular formula is C22H22N4O6S2. The standard InChI is InChI=1S/C22H22N4O6S2/c1-15-6-11-19(13-20(15)26(28)29)34(30,31)25(17-7-9-18(32-3)10-8-17)14-22(27)24-23-16(2)21-5-4-12-33-21/h4-13H,14H2,1-3H3,(H,24,27)/b23-16-. The van der Waals surface area contributed by atoms with Crippen molar-refractivity contribution < 1.29 is 22.9 Å². The van der Waals surface area contributed by atoms with Gasteiger partial charge in [0.25, 0.3) is 21.6 Å². The Kier molecular flexibility index (Phi) is 7.64. The molecule has 0 fully saturated rings. The number of methoxy groups -OCH3 is 1. The Bertz CT molecular complexity index is 1320. The van der Waals surface area contributed by atoms with Crippen LogP contribution in [0.4, 0.5) is 11.4 Å². The summed E-state index contributed by atoms with van der Waals surface area (Å²) in [5.74, 6) is -0.190. The molecule has 0 saturated carbocycles. The normalized spacial score (nSPS) is 11.7. The number of amides is 1. The number of rotatable bonds is 9. The monoisotopic (exact) mass is 502 g/mol. The molecule has 0 bridgehead atoms. The molecule has 0 aliphatic heterocycles. The smallest absolute Gasteiger partial charge is 0.273 e. The van der Waals surface area contributed by atoms with Crippen LogP contribution < -0.4 is 14.5 Å². The fourth-order valence-electron chi connectivity index (χ4n) is 2.99. The molecule has 10 nitrogen and oxygen atoms in total. The van der Waals surface area contributed by atoms with Gasteiger partial charge in [0.1, 0.15) is 12.3 Å². The van der Waals surface area contributed by atoms with E-state index in [2.05, 4.69) is 10.5 Å². The minimum atomic E-state index is -4.34. The molecular weight excluding hydrogens is 480 g/mol. The summed E-state index contributed by atoms with van der Waals surface area (Å²) in [5.41, 5.74) is 3.10. The lowest BCUT2D eigenvalue weighted by Crippen LogP contribution is -2.39. The Balaban J connectivity index is 1.96. The zero-order chi connectivity index (χ0) is 24.9. The molecule has 0 unspecified atom stereocenters. The van der Waals surface area contributed by atoms with E-state index in [1.54, 1.807) is 19.1 Å². The third kappa shape index (κ3) is 5.58. The van der Waals surface area contributed by atoms with Crippen LogP contribution in [0.25, 0.3) is 0 Å². The number of ether oxygens (including phenoxy) is 1. The third-order valence-electron chi connectivity index (χ3n) is 4.84. The maximum Gasteiger partial charge on any atom is 0.273 e. The van der Waals surface area contributed by atoms with Crippen molar-refractivity contribution in [1.29, 1.82) is 0 Å². The molecule has 0 aliphatic carbocycles.